The van der Waals surface area contributed by atoms with Crippen LogP contribution in [0.4, 0.5) is 18.9 Å². The molecule has 154 valence electrons. The highest BCUT2D eigenvalue weighted by atomic mass is 32.2. The number of ether oxygens (including phenoxy) is 1. The van der Waals surface area contributed by atoms with E-state index in [4.69, 9.17) is 4.74 Å². The Morgan fingerprint density at radius 3 is 2.68 bits per heavy atom. The smallest absolute Gasteiger partial charge is 0.326 e. The molecular formula is C17H19F3N2O5S. The molecule has 2 aliphatic carbocycles. The molecule has 1 amide bonds. The van der Waals surface area contributed by atoms with E-state index in [1.165, 1.54) is 6.07 Å². The van der Waals surface area contributed by atoms with Gasteiger partial charge in [-0.1, -0.05) is 0 Å². The van der Waals surface area contributed by atoms with Gasteiger partial charge in [0.25, 0.3) is 5.91 Å². The number of nitrogens with zero attached hydrogens (tertiary/aromatic N) is 1. The minimum atomic E-state index is -4.27. The molecule has 28 heavy (non-hydrogen) atoms. The summed E-state index contributed by atoms with van der Waals surface area (Å²) in [5, 5.41) is 10.2. The van der Waals surface area contributed by atoms with Crippen LogP contribution in [-0.4, -0.2) is 44.6 Å². The minimum Gasteiger partial charge on any atom is -0.506 e. The normalized spacial score (nSPS) is 25.9. The van der Waals surface area contributed by atoms with Crippen LogP contribution in [0.15, 0.2) is 6.07 Å². The number of halogens is 3. The summed E-state index contributed by atoms with van der Waals surface area (Å²) in [5.74, 6) is -5.15. The van der Waals surface area contributed by atoms with Crippen LogP contribution in [0.2, 0.25) is 0 Å². The van der Waals surface area contributed by atoms with Crippen LogP contribution in [-0.2, 0) is 32.6 Å². The van der Waals surface area contributed by atoms with Crippen molar-refractivity contribution >= 4 is 21.8 Å². The SMILES string of the molecule is O=C1CN(c2c(O)cc3c(c2F)CC(OCC2CC(F)(F)C2)CC3)S(=O)(=O)N1. The Balaban J connectivity index is 1.53. The molecule has 0 radical (unpaired) electrons. The van der Waals surface area contributed by atoms with Crippen LogP contribution in [0, 0.1) is 11.7 Å². The first-order valence-electron chi connectivity index (χ1n) is 8.92. The molecule has 0 aromatic heterocycles. The van der Waals surface area contributed by atoms with Gasteiger partial charge < -0.3 is 9.84 Å². The van der Waals surface area contributed by atoms with Crippen LogP contribution in [0.1, 0.15) is 30.4 Å². The molecule has 1 aromatic rings. The molecule has 0 bridgehead atoms. The highest BCUT2D eigenvalue weighted by Gasteiger charge is 2.45. The lowest BCUT2D eigenvalue weighted by Crippen LogP contribution is -2.39. The van der Waals surface area contributed by atoms with Gasteiger partial charge in [-0.15, -0.1) is 0 Å². The number of aromatic hydroxyl groups is 1. The molecule has 1 heterocycles. The number of carbonyl (C=O) groups is 1. The highest BCUT2D eigenvalue weighted by Crippen LogP contribution is 2.43. The summed E-state index contributed by atoms with van der Waals surface area (Å²) in [6.45, 7) is -0.456. The molecule has 1 atom stereocenters. The van der Waals surface area contributed by atoms with Gasteiger partial charge in [0, 0.05) is 19.3 Å². The molecule has 1 unspecified atom stereocenters. The number of fused-ring (bicyclic) bond motifs is 1. The molecular weight excluding hydrogens is 401 g/mol. The van der Waals surface area contributed by atoms with E-state index < -0.39 is 45.8 Å². The first-order valence-corrected chi connectivity index (χ1v) is 10.4. The van der Waals surface area contributed by atoms with Crippen LogP contribution in [0.3, 0.4) is 0 Å². The Labute approximate surface area is 159 Å². The van der Waals surface area contributed by atoms with Gasteiger partial charge in [0.05, 0.1) is 12.7 Å². The fourth-order valence-electron chi connectivity index (χ4n) is 4.01. The molecule has 1 aliphatic heterocycles. The molecule has 1 saturated heterocycles. The summed E-state index contributed by atoms with van der Waals surface area (Å²) in [6.07, 6.45) is 0.259. The first-order chi connectivity index (χ1) is 13.1. The number of phenolic OH excluding ortho intramolecular Hbond substituents is 1. The van der Waals surface area contributed by atoms with Crippen molar-refractivity contribution in [2.24, 2.45) is 5.92 Å². The first kappa shape index (κ1) is 19.3. The molecule has 1 aromatic carbocycles. The molecule has 0 spiro atoms. The van der Waals surface area contributed by atoms with Gasteiger partial charge >= 0.3 is 10.2 Å². The second kappa shape index (κ2) is 6.51. The van der Waals surface area contributed by atoms with Crippen molar-refractivity contribution < 1.29 is 36.2 Å². The average molecular weight is 420 g/mol. The van der Waals surface area contributed by atoms with Crippen molar-refractivity contribution in [3.8, 4) is 5.75 Å². The monoisotopic (exact) mass is 420 g/mol. The predicted molar refractivity (Wildman–Crippen MR) is 91.9 cm³/mol. The number of phenols is 1. The number of hydrogen-bond acceptors (Lipinski definition) is 5. The third-order valence-corrected chi connectivity index (χ3v) is 6.77. The van der Waals surface area contributed by atoms with E-state index in [1.54, 1.807) is 4.72 Å². The van der Waals surface area contributed by atoms with Crippen LogP contribution in [0.5, 0.6) is 5.75 Å². The maximum Gasteiger partial charge on any atom is 0.326 e. The number of hydrogen-bond donors (Lipinski definition) is 2. The zero-order valence-electron chi connectivity index (χ0n) is 14.8. The maximum atomic E-state index is 15.1. The van der Waals surface area contributed by atoms with E-state index in [1.807, 2.05) is 0 Å². The highest BCUT2D eigenvalue weighted by molar-refractivity contribution is 7.92. The largest absolute Gasteiger partial charge is 0.506 e. The predicted octanol–water partition coefficient (Wildman–Crippen LogP) is 1.63. The number of rotatable bonds is 4. The van der Waals surface area contributed by atoms with Gasteiger partial charge in [0.1, 0.15) is 18.0 Å². The van der Waals surface area contributed by atoms with E-state index in [0.29, 0.717) is 22.7 Å². The molecule has 2 N–H and O–H groups in total. The summed E-state index contributed by atoms with van der Waals surface area (Å²) < 4.78 is 72.9. The van der Waals surface area contributed by atoms with Gasteiger partial charge in [-0.05, 0) is 36.0 Å². The summed E-state index contributed by atoms with van der Waals surface area (Å²) in [7, 11) is -4.27. The maximum absolute atomic E-state index is 15.1. The molecule has 2 fully saturated rings. The zero-order chi connectivity index (χ0) is 20.3. The Hall–Kier alpha value is -2.01. The molecule has 3 aliphatic rings. The molecule has 11 heteroatoms. The Morgan fingerprint density at radius 1 is 1.36 bits per heavy atom. The van der Waals surface area contributed by atoms with E-state index >= 15 is 4.39 Å². The molecule has 7 nitrogen and oxygen atoms in total. The Morgan fingerprint density at radius 2 is 2.07 bits per heavy atom. The van der Waals surface area contributed by atoms with Crippen molar-refractivity contribution in [3.63, 3.8) is 0 Å². The average Bonchev–Trinajstić information content (AvgIpc) is 2.83. The van der Waals surface area contributed by atoms with Gasteiger partial charge in [-0.3, -0.25) is 4.79 Å². The Bertz CT molecular complexity index is 929. The molecule has 1 saturated carbocycles. The lowest BCUT2D eigenvalue weighted by atomic mass is 9.82. The number of aryl methyl sites for hydroxylation is 1. The van der Waals surface area contributed by atoms with Crippen LogP contribution >= 0.6 is 0 Å². The zero-order valence-corrected chi connectivity index (χ0v) is 15.6. The standard InChI is InChI=1S/C17H19F3N2O5S/c18-15-12-4-11(27-8-9-5-17(19,20)6-9)2-1-10(12)3-13(23)16(15)22-7-14(24)21-28(22,25)26/h3,9,11,23H,1-2,4-8H2,(H,21,24). The number of amides is 1. The topological polar surface area (TPSA) is 95.9 Å². The van der Waals surface area contributed by atoms with Gasteiger partial charge in [-0.25, -0.2) is 22.2 Å². The van der Waals surface area contributed by atoms with E-state index in [0.717, 1.165) is 0 Å². The van der Waals surface area contributed by atoms with Gasteiger partial charge in [0.15, 0.2) is 5.82 Å². The van der Waals surface area contributed by atoms with Crippen molar-refractivity contribution in [2.45, 2.75) is 44.1 Å². The number of nitrogens with one attached hydrogen (secondary N) is 1. The van der Waals surface area contributed by atoms with Crippen molar-refractivity contribution in [2.75, 3.05) is 17.5 Å². The molecule has 4 rings (SSSR count). The fraction of sp³-hybridized carbons (Fsp3) is 0.588. The van der Waals surface area contributed by atoms with Gasteiger partial charge in [0.2, 0.25) is 5.92 Å². The van der Waals surface area contributed by atoms with E-state index in [9.17, 15) is 27.1 Å². The number of carbonyl (C=O) groups excluding carboxylic acids is 1. The van der Waals surface area contributed by atoms with E-state index in [-0.39, 0.29) is 43.5 Å². The fourth-order valence-corrected chi connectivity index (χ4v) is 5.17. The van der Waals surface area contributed by atoms with Crippen LogP contribution < -0.4 is 9.03 Å². The van der Waals surface area contributed by atoms with Crippen molar-refractivity contribution in [3.05, 3.63) is 23.0 Å². The summed E-state index contributed by atoms with van der Waals surface area (Å²) in [5.41, 5.74) is 0.165. The van der Waals surface area contributed by atoms with Crippen LogP contribution in [0.25, 0.3) is 0 Å². The number of anilines is 1. The second-order valence-electron chi connectivity index (χ2n) is 7.56. The Kier molecular flexibility index (Phi) is 4.49. The number of benzene rings is 1. The van der Waals surface area contributed by atoms with Gasteiger partial charge in [-0.2, -0.15) is 8.42 Å². The third-order valence-electron chi connectivity index (χ3n) is 5.39. The lowest BCUT2D eigenvalue weighted by molar-refractivity contribution is -0.135. The summed E-state index contributed by atoms with van der Waals surface area (Å²) >= 11 is 0. The van der Waals surface area contributed by atoms with Crippen molar-refractivity contribution in [1.82, 2.24) is 4.72 Å². The number of alkyl halides is 2. The second-order valence-corrected chi connectivity index (χ2v) is 9.16. The third kappa shape index (κ3) is 3.41. The summed E-state index contributed by atoms with van der Waals surface area (Å²) in [4.78, 5) is 11.4. The summed E-state index contributed by atoms with van der Waals surface area (Å²) in [6, 6.07) is 1.30. The van der Waals surface area contributed by atoms with E-state index in [2.05, 4.69) is 0 Å². The quantitative estimate of drug-likeness (QED) is 0.772. The van der Waals surface area contributed by atoms with Crippen molar-refractivity contribution in [1.29, 1.82) is 0 Å². The minimum absolute atomic E-state index is 0.132. The lowest BCUT2D eigenvalue weighted by Gasteiger charge is -2.36.